The van der Waals surface area contributed by atoms with E-state index >= 15 is 0 Å². The zero-order chi connectivity index (χ0) is 20.1. The van der Waals surface area contributed by atoms with Crippen LogP contribution >= 0.6 is 0 Å². The summed E-state index contributed by atoms with van der Waals surface area (Å²) in [5.41, 5.74) is 1.27. The Labute approximate surface area is 151 Å². The number of amides is 1. The summed E-state index contributed by atoms with van der Waals surface area (Å²) in [6, 6.07) is 4.15. The number of hydrogen-bond acceptors (Lipinski definition) is 5. The maximum atomic E-state index is 13.6. The minimum atomic E-state index is -1.83. The van der Waals surface area contributed by atoms with Crippen molar-refractivity contribution in [3.8, 4) is 5.75 Å². The van der Waals surface area contributed by atoms with Crippen molar-refractivity contribution < 1.29 is 27.5 Å². The fourth-order valence-electron chi connectivity index (χ4n) is 2.14. The lowest BCUT2D eigenvalue weighted by molar-refractivity contribution is -0.116. The Bertz CT molecular complexity index is 877. The molecule has 0 spiro atoms. The van der Waals surface area contributed by atoms with Gasteiger partial charge in [0, 0.05) is 17.7 Å². The van der Waals surface area contributed by atoms with Crippen LogP contribution in [0.15, 0.2) is 23.3 Å². The molecule has 0 radical (unpaired) electrons. The normalized spacial score (nSPS) is 11.4. The van der Waals surface area contributed by atoms with Crippen LogP contribution in [0, 0.1) is 23.5 Å². The van der Waals surface area contributed by atoms with Gasteiger partial charge < -0.3 is 10.4 Å². The van der Waals surface area contributed by atoms with Gasteiger partial charge in [-0.05, 0) is 31.5 Å². The Morgan fingerprint density at radius 1 is 1.19 bits per heavy atom. The predicted octanol–water partition coefficient (Wildman–Crippen LogP) is 3.92. The van der Waals surface area contributed by atoms with E-state index in [1.807, 2.05) is 12.3 Å². The number of nitrogens with zero attached hydrogens (tertiary/aromatic N) is 2. The molecule has 1 heterocycles. The molecule has 0 atom stereocenters. The summed E-state index contributed by atoms with van der Waals surface area (Å²) in [7, 11) is 0. The minimum Gasteiger partial charge on any atom is -0.507 e. The Kier molecular flexibility index (Phi) is 6.32. The first-order valence-electron chi connectivity index (χ1n) is 7.88. The number of nitrogens with one attached hydrogen (secondary N) is 2. The van der Waals surface area contributed by atoms with Gasteiger partial charge in [-0.3, -0.25) is 10.2 Å². The number of hydrazone groups is 1. The van der Waals surface area contributed by atoms with Gasteiger partial charge in [0.05, 0.1) is 5.71 Å². The lowest BCUT2D eigenvalue weighted by Gasteiger charge is -2.10. The highest BCUT2D eigenvalue weighted by atomic mass is 19.2. The average Bonchev–Trinajstić information content (AvgIpc) is 2.61. The van der Waals surface area contributed by atoms with Gasteiger partial charge in [0.2, 0.25) is 17.5 Å². The summed E-state index contributed by atoms with van der Waals surface area (Å²) >= 11 is 0. The molecule has 0 saturated heterocycles. The van der Waals surface area contributed by atoms with Gasteiger partial charge in [0.1, 0.15) is 11.4 Å². The topological polar surface area (TPSA) is 86.6 Å². The zero-order valence-corrected chi connectivity index (χ0v) is 14.4. The van der Waals surface area contributed by atoms with Crippen molar-refractivity contribution in [3.05, 3.63) is 47.3 Å². The van der Waals surface area contributed by atoms with Gasteiger partial charge in [-0.15, -0.1) is 0 Å². The third-order valence-corrected chi connectivity index (χ3v) is 3.48. The highest BCUT2D eigenvalue weighted by molar-refractivity contribution is 6.03. The molecule has 2 rings (SSSR count). The summed E-state index contributed by atoms with van der Waals surface area (Å²) in [6.07, 6.45) is 0.958. The van der Waals surface area contributed by atoms with E-state index in [0.717, 1.165) is 0 Å². The van der Waals surface area contributed by atoms with E-state index in [0.29, 0.717) is 18.5 Å². The SMILES string of the molecule is CCCC(=O)Nc1ccc(O)c(/C(C)=N/Nc2c(F)c(F)nc(F)c2F)c1. The van der Waals surface area contributed by atoms with Gasteiger partial charge >= 0.3 is 0 Å². The second-order valence-electron chi connectivity index (χ2n) is 5.54. The molecule has 0 unspecified atom stereocenters. The number of anilines is 2. The molecule has 144 valence electrons. The van der Waals surface area contributed by atoms with E-state index in [-0.39, 0.29) is 22.9 Å². The molecule has 1 aromatic carbocycles. The zero-order valence-electron chi connectivity index (χ0n) is 14.4. The number of aromatic hydroxyl groups is 1. The minimum absolute atomic E-state index is 0.0375. The molecular weight excluding hydrogens is 368 g/mol. The van der Waals surface area contributed by atoms with E-state index < -0.39 is 29.2 Å². The smallest absolute Gasteiger partial charge is 0.254 e. The lowest BCUT2D eigenvalue weighted by Crippen LogP contribution is -2.11. The van der Waals surface area contributed by atoms with Crippen molar-refractivity contribution in [2.24, 2.45) is 5.10 Å². The van der Waals surface area contributed by atoms with Crippen LogP contribution in [0.3, 0.4) is 0 Å². The van der Waals surface area contributed by atoms with Crippen molar-refractivity contribution >= 4 is 23.0 Å². The molecular formula is C17H16F4N4O2. The first kappa shape index (κ1) is 20.1. The molecule has 2 aromatic rings. The number of carbonyl (C=O) groups is 1. The van der Waals surface area contributed by atoms with Crippen LogP contribution in [0.2, 0.25) is 0 Å². The molecule has 3 N–H and O–H groups in total. The summed E-state index contributed by atoms with van der Waals surface area (Å²) in [5, 5.41) is 16.2. The van der Waals surface area contributed by atoms with Gasteiger partial charge in [-0.25, -0.2) is 0 Å². The predicted molar refractivity (Wildman–Crippen MR) is 91.5 cm³/mol. The monoisotopic (exact) mass is 384 g/mol. The van der Waals surface area contributed by atoms with Gasteiger partial charge in [0.25, 0.3) is 11.9 Å². The van der Waals surface area contributed by atoms with Crippen LogP contribution in [0.25, 0.3) is 0 Å². The molecule has 10 heteroatoms. The fourth-order valence-corrected chi connectivity index (χ4v) is 2.14. The summed E-state index contributed by atoms with van der Waals surface area (Å²) in [5.74, 6) is -7.58. The van der Waals surface area contributed by atoms with Crippen LogP contribution in [-0.2, 0) is 4.79 Å². The largest absolute Gasteiger partial charge is 0.507 e. The number of phenolic OH excluding ortho intramolecular Hbond substituents is 1. The van der Waals surface area contributed by atoms with Crippen LogP contribution in [0.1, 0.15) is 32.3 Å². The number of benzene rings is 1. The van der Waals surface area contributed by atoms with Gasteiger partial charge in [-0.1, -0.05) is 6.92 Å². The molecule has 6 nitrogen and oxygen atoms in total. The van der Waals surface area contributed by atoms with Crippen molar-refractivity contribution in [2.75, 3.05) is 10.7 Å². The highest BCUT2D eigenvalue weighted by Crippen LogP contribution is 2.25. The van der Waals surface area contributed by atoms with Crippen molar-refractivity contribution in [2.45, 2.75) is 26.7 Å². The first-order chi connectivity index (χ1) is 12.7. The van der Waals surface area contributed by atoms with E-state index in [4.69, 9.17) is 0 Å². The summed E-state index contributed by atoms with van der Waals surface area (Å²) in [4.78, 5) is 14.1. The molecule has 1 aromatic heterocycles. The Hall–Kier alpha value is -3.17. The van der Waals surface area contributed by atoms with Gasteiger partial charge in [0.15, 0.2) is 0 Å². The number of phenols is 1. The van der Waals surface area contributed by atoms with Crippen molar-refractivity contribution in [3.63, 3.8) is 0 Å². The number of pyridine rings is 1. The molecule has 0 saturated carbocycles. The van der Waals surface area contributed by atoms with Crippen molar-refractivity contribution in [1.82, 2.24) is 4.98 Å². The van der Waals surface area contributed by atoms with Crippen LogP contribution in [0.4, 0.5) is 28.9 Å². The van der Waals surface area contributed by atoms with E-state index in [1.54, 1.807) is 0 Å². The number of carbonyl (C=O) groups excluding carboxylic acids is 1. The summed E-state index contributed by atoms with van der Waals surface area (Å²) < 4.78 is 53.4. The quantitative estimate of drug-likeness (QED) is 0.232. The lowest BCUT2D eigenvalue weighted by atomic mass is 10.1. The van der Waals surface area contributed by atoms with E-state index in [2.05, 4.69) is 15.4 Å². The second-order valence-corrected chi connectivity index (χ2v) is 5.54. The van der Waals surface area contributed by atoms with Crippen LogP contribution in [0.5, 0.6) is 5.75 Å². The third-order valence-electron chi connectivity index (χ3n) is 3.48. The maximum absolute atomic E-state index is 13.6. The van der Waals surface area contributed by atoms with E-state index in [1.165, 1.54) is 25.1 Å². The standard InChI is InChI=1S/C17H16F4N4O2/c1-3-4-12(27)22-9-5-6-11(26)10(7-9)8(2)24-25-15-13(18)16(20)23-17(21)14(15)19/h5-7,26H,3-4H2,1-2H3,(H,22,27)(H,23,25)/b24-8+. The van der Waals surface area contributed by atoms with Crippen LogP contribution in [-0.4, -0.2) is 21.7 Å². The number of rotatable bonds is 6. The maximum Gasteiger partial charge on any atom is 0.254 e. The number of halogens is 4. The Morgan fingerprint density at radius 3 is 2.41 bits per heavy atom. The number of hydrogen-bond donors (Lipinski definition) is 3. The molecule has 0 fully saturated rings. The first-order valence-corrected chi connectivity index (χ1v) is 7.88. The second kappa shape index (κ2) is 8.47. The summed E-state index contributed by atoms with van der Waals surface area (Å²) in [6.45, 7) is 3.22. The molecule has 0 bridgehead atoms. The van der Waals surface area contributed by atoms with E-state index in [9.17, 15) is 27.5 Å². The molecule has 0 aliphatic rings. The molecule has 1 amide bonds. The van der Waals surface area contributed by atoms with Crippen LogP contribution < -0.4 is 10.7 Å². The van der Waals surface area contributed by atoms with Crippen molar-refractivity contribution in [1.29, 1.82) is 0 Å². The molecule has 27 heavy (non-hydrogen) atoms. The average molecular weight is 384 g/mol. The molecule has 0 aliphatic carbocycles. The Balaban J connectivity index is 2.30. The van der Waals surface area contributed by atoms with Gasteiger partial charge in [-0.2, -0.15) is 27.6 Å². The number of aromatic nitrogens is 1. The highest BCUT2D eigenvalue weighted by Gasteiger charge is 2.20. The Morgan fingerprint density at radius 2 is 1.81 bits per heavy atom. The fraction of sp³-hybridized carbons (Fsp3) is 0.235. The molecule has 0 aliphatic heterocycles. The third kappa shape index (κ3) is 4.72.